The molecule has 0 saturated heterocycles. The average Bonchev–Trinajstić information content (AvgIpc) is 2.75. The lowest BCUT2D eigenvalue weighted by atomic mass is 10.1. The Hall–Kier alpha value is -2.97. The van der Waals surface area contributed by atoms with E-state index >= 15 is 0 Å². The SMILES string of the molecule is CSc1ccccc1NC(=O)COc1ccc(S(=O)(=O)Nc2ccc(C)c(C)c2)cc1C. The van der Waals surface area contributed by atoms with Gasteiger partial charge in [0.2, 0.25) is 0 Å². The van der Waals surface area contributed by atoms with Crippen molar-refractivity contribution >= 4 is 39.1 Å². The Bertz CT molecular complexity index is 1240. The van der Waals surface area contributed by atoms with Crippen molar-refractivity contribution < 1.29 is 17.9 Å². The number of rotatable bonds is 8. The molecular weight excluding hydrogens is 444 g/mol. The molecule has 8 heteroatoms. The highest BCUT2D eigenvalue weighted by Gasteiger charge is 2.17. The number of sulfonamides is 1. The van der Waals surface area contributed by atoms with Gasteiger partial charge in [-0.05, 0) is 86.2 Å². The minimum Gasteiger partial charge on any atom is -0.483 e. The third-order valence-corrected chi connectivity index (χ3v) is 7.13. The predicted molar refractivity (Wildman–Crippen MR) is 130 cm³/mol. The highest BCUT2D eigenvalue weighted by Crippen LogP contribution is 2.26. The number of benzene rings is 3. The average molecular weight is 471 g/mol. The third kappa shape index (κ3) is 5.83. The molecule has 0 unspecified atom stereocenters. The summed E-state index contributed by atoms with van der Waals surface area (Å²) in [7, 11) is -3.75. The Balaban J connectivity index is 1.66. The smallest absolute Gasteiger partial charge is 0.262 e. The summed E-state index contributed by atoms with van der Waals surface area (Å²) in [5.41, 5.74) is 3.94. The van der Waals surface area contributed by atoms with Gasteiger partial charge in [0.05, 0.1) is 10.6 Å². The van der Waals surface area contributed by atoms with Gasteiger partial charge in [0.15, 0.2) is 6.61 Å². The number of hydrogen-bond acceptors (Lipinski definition) is 5. The molecule has 0 saturated carbocycles. The summed E-state index contributed by atoms with van der Waals surface area (Å²) in [4.78, 5) is 13.4. The van der Waals surface area contributed by atoms with Gasteiger partial charge in [0.25, 0.3) is 15.9 Å². The summed E-state index contributed by atoms with van der Waals surface area (Å²) in [6.07, 6.45) is 1.94. The second kappa shape index (κ2) is 10.1. The van der Waals surface area contributed by atoms with Crippen LogP contribution in [0.15, 0.2) is 70.5 Å². The zero-order valence-electron chi connectivity index (χ0n) is 18.4. The highest BCUT2D eigenvalue weighted by atomic mass is 32.2. The Labute approximate surface area is 193 Å². The lowest BCUT2D eigenvalue weighted by Gasteiger charge is -2.13. The molecule has 0 heterocycles. The number of anilines is 2. The maximum absolute atomic E-state index is 12.8. The summed E-state index contributed by atoms with van der Waals surface area (Å²) < 4.78 is 33.8. The lowest BCUT2D eigenvalue weighted by molar-refractivity contribution is -0.118. The molecule has 0 fully saturated rings. The van der Waals surface area contributed by atoms with Gasteiger partial charge in [-0.2, -0.15) is 0 Å². The molecular formula is C24H26N2O4S2. The molecule has 168 valence electrons. The maximum Gasteiger partial charge on any atom is 0.262 e. The standard InChI is InChI=1S/C24H26N2O4S2/c1-16-9-10-19(13-17(16)2)26-32(28,29)20-11-12-22(18(3)14-20)30-15-24(27)25-21-7-5-6-8-23(21)31-4/h5-14,26H,15H2,1-4H3,(H,25,27). The van der Waals surface area contributed by atoms with Gasteiger partial charge < -0.3 is 10.1 Å². The molecule has 0 aliphatic heterocycles. The second-order valence-electron chi connectivity index (χ2n) is 7.37. The summed E-state index contributed by atoms with van der Waals surface area (Å²) in [5.74, 6) is 0.155. The van der Waals surface area contributed by atoms with Gasteiger partial charge in [-0.25, -0.2) is 8.42 Å². The molecule has 0 radical (unpaired) electrons. The van der Waals surface area contributed by atoms with Gasteiger partial charge in [0.1, 0.15) is 5.75 Å². The van der Waals surface area contributed by atoms with Gasteiger partial charge in [0, 0.05) is 10.6 Å². The molecule has 32 heavy (non-hydrogen) atoms. The first-order valence-corrected chi connectivity index (χ1v) is 12.7. The van der Waals surface area contributed by atoms with Crippen LogP contribution in [-0.4, -0.2) is 27.2 Å². The van der Waals surface area contributed by atoms with Crippen LogP contribution in [0.3, 0.4) is 0 Å². The van der Waals surface area contributed by atoms with Crippen molar-refractivity contribution in [1.82, 2.24) is 0 Å². The molecule has 3 aromatic carbocycles. The fourth-order valence-electron chi connectivity index (χ4n) is 3.05. The van der Waals surface area contributed by atoms with E-state index in [1.807, 2.05) is 50.4 Å². The Morgan fingerprint density at radius 1 is 0.938 bits per heavy atom. The lowest BCUT2D eigenvalue weighted by Crippen LogP contribution is -2.21. The number of carbonyl (C=O) groups excluding carboxylic acids is 1. The molecule has 2 N–H and O–H groups in total. The third-order valence-electron chi connectivity index (χ3n) is 4.96. The fourth-order valence-corrected chi connectivity index (χ4v) is 4.74. The molecule has 0 spiro atoms. The van der Waals surface area contributed by atoms with Crippen molar-refractivity contribution in [3.63, 3.8) is 0 Å². The molecule has 0 bridgehead atoms. The van der Waals surface area contributed by atoms with Crippen molar-refractivity contribution in [1.29, 1.82) is 0 Å². The molecule has 6 nitrogen and oxygen atoms in total. The molecule has 0 aliphatic rings. The number of aryl methyl sites for hydroxylation is 3. The van der Waals surface area contributed by atoms with Gasteiger partial charge in [-0.3, -0.25) is 9.52 Å². The number of thioether (sulfide) groups is 1. The van der Waals surface area contributed by atoms with Crippen LogP contribution in [0.4, 0.5) is 11.4 Å². The van der Waals surface area contributed by atoms with Crippen molar-refractivity contribution in [2.45, 2.75) is 30.6 Å². The van der Waals surface area contributed by atoms with E-state index in [9.17, 15) is 13.2 Å². The minimum absolute atomic E-state index is 0.124. The number of carbonyl (C=O) groups is 1. The Morgan fingerprint density at radius 3 is 2.38 bits per heavy atom. The van der Waals surface area contributed by atoms with Crippen LogP contribution in [-0.2, 0) is 14.8 Å². The zero-order chi connectivity index (χ0) is 23.3. The normalized spacial score (nSPS) is 11.1. The summed E-state index contributed by atoms with van der Waals surface area (Å²) in [6, 6.07) is 17.5. The first-order valence-electron chi connectivity index (χ1n) is 9.96. The van der Waals surface area contributed by atoms with E-state index < -0.39 is 10.0 Å². The van der Waals surface area contributed by atoms with Gasteiger partial charge in [-0.1, -0.05) is 18.2 Å². The topological polar surface area (TPSA) is 84.5 Å². The second-order valence-corrected chi connectivity index (χ2v) is 9.90. The fraction of sp³-hybridized carbons (Fsp3) is 0.208. The van der Waals surface area contributed by atoms with Crippen LogP contribution in [0.5, 0.6) is 5.75 Å². The van der Waals surface area contributed by atoms with Crippen molar-refractivity contribution in [3.05, 3.63) is 77.4 Å². The van der Waals surface area contributed by atoms with Crippen molar-refractivity contribution in [2.24, 2.45) is 0 Å². The summed E-state index contributed by atoms with van der Waals surface area (Å²) in [5, 5.41) is 2.83. The van der Waals surface area contributed by atoms with E-state index in [-0.39, 0.29) is 17.4 Å². The Morgan fingerprint density at radius 2 is 1.69 bits per heavy atom. The summed E-state index contributed by atoms with van der Waals surface area (Å²) in [6.45, 7) is 5.46. The molecule has 3 rings (SSSR count). The molecule has 0 aliphatic carbocycles. The van der Waals surface area contributed by atoms with Crippen LogP contribution < -0.4 is 14.8 Å². The molecule has 0 aromatic heterocycles. The Kier molecular flexibility index (Phi) is 7.48. The van der Waals surface area contributed by atoms with Gasteiger partial charge >= 0.3 is 0 Å². The zero-order valence-corrected chi connectivity index (χ0v) is 20.1. The van der Waals surface area contributed by atoms with E-state index in [0.717, 1.165) is 21.7 Å². The largest absolute Gasteiger partial charge is 0.483 e. The number of ether oxygens (including phenoxy) is 1. The first-order chi connectivity index (χ1) is 15.2. The number of amides is 1. The van der Waals surface area contributed by atoms with E-state index in [2.05, 4.69) is 10.0 Å². The van der Waals surface area contributed by atoms with E-state index in [4.69, 9.17) is 4.74 Å². The monoisotopic (exact) mass is 470 g/mol. The van der Waals surface area contributed by atoms with Crippen molar-refractivity contribution in [3.8, 4) is 5.75 Å². The molecule has 1 amide bonds. The van der Waals surface area contributed by atoms with Crippen molar-refractivity contribution in [2.75, 3.05) is 22.9 Å². The molecule has 0 atom stereocenters. The van der Waals surface area contributed by atoms with E-state index in [0.29, 0.717) is 17.0 Å². The quantitative estimate of drug-likeness (QED) is 0.445. The van der Waals surface area contributed by atoms with Crippen LogP contribution in [0.2, 0.25) is 0 Å². The van der Waals surface area contributed by atoms with Crippen LogP contribution >= 0.6 is 11.8 Å². The van der Waals surface area contributed by atoms with Crippen LogP contribution in [0.25, 0.3) is 0 Å². The predicted octanol–water partition coefficient (Wildman–Crippen LogP) is 5.15. The van der Waals surface area contributed by atoms with Crippen LogP contribution in [0, 0.1) is 20.8 Å². The number of nitrogens with one attached hydrogen (secondary N) is 2. The minimum atomic E-state index is -3.75. The molecule has 3 aromatic rings. The van der Waals surface area contributed by atoms with Crippen LogP contribution in [0.1, 0.15) is 16.7 Å². The van der Waals surface area contributed by atoms with Gasteiger partial charge in [-0.15, -0.1) is 11.8 Å². The number of para-hydroxylation sites is 1. The van der Waals surface area contributed by atoms with E-state index in [1.165, 1.54) is 12.1 Å². The van der Waals surface area contributed by atoms with E-state index in [1.54, 1.807) is 36.9 Å². The first kappa shape index (κ1) is 23.7. The summed E-state index contributed by atoms with van der Waals surface area (Å²) >= 11 is 1.54. The maximum atomic E-state index is 12.8. The highest BCUT2D eigenvalue weighted by molar-refractivity contribution is 7.98. The number of hydrogen-bond donors (Lipinski definition) is 2.